The summed E-state index contributed by atoms with van der Waals surface area (Å²) in [6, 6.07) is 7.81. The van der Waals surface area contributed by atoms with Crippen LogP contribution in [0.25, 0.3) is 0 Å². The molecule has 50 heavy (non-hydrogen) atoms. The molecule has 268 valence electrons. The Labute approximate surface area is 287 Å². The minimum Gasteiger partial charge on any atom is -0.450 e. The molecule has 1 fully saturated rings. The smallest absolute Gasteiger partial charge is 0.408 e. The Kier molecular flexibility index (Phi) is 12.9. The Morgan fingerprint density at radius 3 is 2.56 bits per heavy atom. The molecule has 3 aliphatic heterocycles. The van der Waals surface area contributed by atoms with E-state index in [0.29, 0.717) is 5.56 Å². The van der Waals surface area contributed by atoms with Crippen molar-refractivity contribution in [1.82, 2.24) is 31.5 Å². The van der Waals surface area contributed by atoms with Crippen LogP contribution in [0.1, 0.15) is 37.9 Å². The molecule has 18 heteroatoms. The summed E-state index contributed by atoms with van der Waals surface area (Å²) in [6.45, 7) is 4.88. The summed E-state index contributed by atoms with van der Waals surface area (Å²) >= 11 is 0. The Balaban J connectivity index is 1.16. The lowest BCUT2D eigenvalue weighted by Crippen LogP contribution is -2.48. The molecular weight excluding hydrogens is 656 g/mol. The van der Waals surface area contributed by atoms with Gasteiger partial charge >= 0.3 is 12.2 Å². The van der Waals surface area contributed by atoms with E-state index in [4.69, 9.17) is 20.6 Å². The fraction of sp³-hybridized carbons (Fsp3) is 0.469. The Bertz CT molecular complexity index is 1520. The second-order valence-corrected chi connectivity index (χ2v) is 11.7. The summed E-state index contributed by atoms with van der Waals surface area (Å²) in [4.78, 5) is 62.7. The molecule has 1 aromatic carbocycles. The van der Waals surface area contributed by atoms with Crippen molar-refractivity contribution < 1.29 is 48.4 Å². The predicted octanol–water partition coefficient (Wildman–Crippen LogP) is -0.370. The van der Waals surface area contributed by atoms with Gasteiger partial charge in [-0.2, -0.15) is 10.2 Å². The zero-order valence-corrected chi connectivity index (χ0v) is 27.2. The molecule has 0 aromatic heterocycles. The molecule has 1 saturated heterocycles. The average molecular weight is 697 g/mol. The first-order chi connectivity index (χ1) is 23.9. The van der Waals surface area contributed by atoms with Crippen molar-refractivity contribution in [1.29, 1.82) is 0 Å². The molecule has 18 nitrogen and oxygen atoms in total. The third-order valence-electron chi connectivity index (χ3n) is 7.70. The van der Waals surface area contributed by atoms with E-state index in [9.17, 15) is 34.2 Å². The van der Waals surface area contributed by atoms with Crippen molar-refractivity contribution in [2.45, 2.75) is 68.5 Å². The number of terminal acetylenes is 1. The van der Waals surface area contributed by atoms with Crippen LogP contribution in [0.15, 0.2) is 65.2 Å². The third kappa shape index (κ3) is 10.7. The van der Waals surface area contributed by atoms with Gasteiger partial charge in [0.25, 0.3) is 5.91 Å². The predicted molar refractivity (Wildman–Crippen MR) is 173 cm³/mol. The number of aliphatic hydroxyl groups excluding tert-OH is 2. The molecule has 3 heterocycles. The number of alkyl carbamates (subject to hydrolysis) is 2. The number of nitrogens with zero attached hydrogens (tertiary/aromatic N) is 3. The first-order valence-electron chi connectivity index (χ1n) is 15.7. The van der Waals surface area contributed by atoms with Crippen LogP contribution < -0.4 is 26.6 Å². The van der Waals surface area contributed by atoms with Crippen LogP contribution in [0, 0.1) is 12.3 Å². The summed E-state index contributed by atoms with van der Waals surface area (Å²) in [5.74, 6) is 0.988. The van der Waals surface area contributed by atoms with E-state index in [0.717, 1.165) is 0 Å². The molecule has 0 aliphatic carbocycles. The van der Waals surface area contributed by atoms with Gasteiger partial charge in [0.15, 0.2) is 6.23 Å². The van der Waals surface area contributed by atoms with Crippen LogP contribution >= 0.6 is 0 Å². The fourth-order valence-corrected chi connectivity index (χ4v) is 4.89. The van der Waals surface area contributed by atoms with E-state index in [2.05, 4.69) is 49.3 Å². The molecule has 7 N–H and O–H groups in total. The van der Waals surface area contributed by atoms with Crippen LogP contribution in [0.2, 0.25) is 0 Å². The van der Waals surface area contributed by atoms with Crippen molar-refractivity contribution in [2.24, 2.45) is 10.2 Å². The average Bonchev–Trinajstić information content (AvgIpc) is 3.77. The van der Waals surface area contributed by atoms with Gasteiger partial charge in [0.05, 0.1) is 19.7 Å². The van der Waals surface area contributed by atoms with Gasteiger partial charge in [-0.1, -0.05) is 36.9 Å². The highest BCUT2D eigenvalue weighted by Gasteiger charge is 2.46. The summed E-state index contributed by atoms with van der Waals surface area (Å²) in [5, 5.41) is 40.9. The zero-order valence-electron chi connectivity index (χ0n) is 27.2. The van der Waals surface area contributed by atoms with Gasteiger partial charge in [-0.3, -0.25) is 14.4 Å². The molecule has 0 saturated carbocycles. The van der Waals surface area contributed by atoms with Gasteiger partial charge in [0.2, 0.25) is 17.5 Å². The van der Waals surface area contributed by atoms with Crippen molar-refractivity contribution in [3.05, 3.63) is 60.6 Å². The quantitative estimate of drug-likeness (QED) is 0.0869. The number of carbonyl (C=O) groups excluding carboxylic acids is 5. The highest BCUT2D eigenvalue weighted by Crippen LogP contribution is 2.27. The molecule has 4 rings (SSSR count). The SMILES string of the molecule is C#CCC(NC(=O)OC(CCCOC(=O)NCC(=O)NCC1OC(N2C=CC(=O)NC2=C)C(O)C1O)c1ccccc1)C(=O)NCC1(C)N=N1. The largest absolute Gasteiger partial charge is 0.450 e. The molecule has 3 aliphatic rings. The van der Waals surface area contributed by atoms with Crippen LogP contribution in [0.3, 0.4) is 0 Å². The third-order valence-corrected chi connectivity index (χ3v) is 7.70. The van der Waals surface area contributed by atoms with E-state index in [1.165, 1.54) is 17.2 Å². The lowest BCUT2D eigenvalue weighted by Gasteiger charge is -2.32. The van der Waals surface area contributed by atoms with Crippen molar-refractivity contribution in [3.8, 4) is 12.3 Å². The first-order valence-corrected chi connectivity index (χ1v) is 15.7. The summed E-state index contributed by atoms with van der Waals surface area (Å²) in [5.41, 5.74) is 0.00262. The number of hydrogen-bond acceptors (Lipinski definition) is 13. The van der Waals surface area contributed by atoms with E-state index < -0.39 is 78.8 Å². The molecule has 5 amide bonds. The Morgan fingerprint density at radius 1 is 1.14 bits per heavy atom. The Morgan fingerprint density at radius 2 is 1.88 bits per heavy atom. The van der Waals surface area contributed by atoms with Crippen LogP contribution in [-0.4, -0.2) is 108 Å². The Hall–Kier alpha value is -5.51. The van der Waals surface area contributed by atoms with Gasteiger partial charge in [-0.05, 0) is 25.3 Å². The topological polar surface area (TPSA) is 242 Å². The van der Waals surface area contributed by atoms with E-state index in [-0.39, 0.29) is 44.8 Å². The fourth-order valence-electron chi connectivity index (χ4n) is 4.89. The minimum absolute atomic E-state index is 0.0716. The van der Waals surface area contributed by atoms with Crippen LogP contribution in [0.5, 0.6) is 0 Å². The number of rotatable bonds is 16. The molecule has 0 radical (unpaired) electrons. The maximum Gasteiger partial charge on any atom is 0.408 e. The molecule has 0 spiro atoms. The lowest BCUT2D eigenvalue weighted by atomic mass is 10.1. The lowest BCUT2D eigenvalue weighted by molar-refractivity contribution is -0.123. The van der Waals surface area contributed by atoms with E-state index in [1.807, 2.05) is 0 Å². The molecule has 6 atom stereocenters. The van der Waals surface area contributed by atoms with Gasteiger partial charge in [0.1, 0.15) is 36.3 Å². The second kappa shape index (κ2) is 17.2. The first kappa shape index (κ1) is 37.3. The van der Waals surface area contributed by atoms with Crippen molar-refractivity contribution in [3.63, 3.8) is 0 Å². The van der Waals surface area contributed by atoms with Crippen LogP contribution in [0.4, 0.5) is 9.59 Å². The van der Waals surface area contributed by atoms with Gasteiger partial charge < -0.3 is 55.9 Å². The molecular formula is C32H40N8O10. The second-order valence-electron chi connectivity index (χ2n) is 11.7. The van der Waals surface area contributed by atoms with E-state index >= 15 is 0 Å². The van der Waals surface area contributed by atoms with Gasteiger partial charge in [-0.15, -0.1) is 12.3 Å². The summed E-state index contributed by atoms with van der Waals surface area (Å²) < 4.78 is 16.5. The van der Waals surface area contributed by atoms with Crippen molar-refractivity contribution in [2.75, 3.05) is 26.2 Å². The highest BCUT2D eigenvalue weighted by molar-refractivity contribution is 5.89. The maximum atomic E-state index is 12.8. The summed E-state index contributed by atoms with van der Waals surface area (Å²) in [6.07, 6.45) is 1.15. The van der Waals surface area contributed by atoms with E-state index in [1.54, 1.807) is 37.3 Å². The molecule has 0 bridgehead atoms. The summed E-state index contributed by atoms with van der Waals surface area (Å²) in [7, 11) is 0. The molecule has 1 aromatic rings. The molecule has 6 unspecified atom stereocenters. The zero-order chi connectivity index (χ0) is 36.3. The van der Waals surface area contributed by atoms with Crippen LogP contribution in [-0.2, 0) is 28.6 Å². The minimum atomic E-state index is -1.37. The monoisotopic (exact) mass is 696 g/mol. The number of aliphatic hydroxyl groups is 2. The number of hydrogen-bond donors (Lipinski definition) is 7. The number of benzene rings is 1. The van der Waals surface area contributed by atoms with Gasteiger partial charge in [-0.25, -0.2) is 9.59 Å². The number of nitrogens with one attached hydrogen (secondary N) is 5. The standard InChI is InChI=1S/C32H40N8O10/c1-4-9-21(28(45)35-18-32(3)38-39-32)37-31(47)50-22(20-10-6-5-7-11-20)12-8-15-48-30(46)34-17-25(42)33-16-23-26(43)27(44)29(49-23)40-14-13-24(41)36-19(40)2/h1,5-7,10-11,13-14,21-23,26-27,29,43-44H,2,8-9,12,15-18H2,3H3,(H,33,42)(H,34,46)(H,35,45)(H,36,41)(H,37,47). The number of ether oxygens (including phenoxy) is 3. The number of carbonyl (C=O) groups is 5. The number of amides is 5. The normalized spacial score (nSPS) is 22.7. The highest BCUT2D eigenvalue weighted by atomic mass is 16.6. The van der Waals surface area contributed by atoms with Gasteiger partial charge in [0, 0.05) is 25.2 Å². The maximum absolute atomic E-state index is 12.8. The van der Waals surface area contributed by atoms with Crippen molar-refractivity contribution >= 4 is 29.9 Å².